The van der Waals surface area contributed by atoms with Crippen LogP contribution >= 0.6 is 0 Å². The molecule has 25 heavy (non-hydrogen) atoms. The highest BCUT2D eigenvalue weighted by Crippen LogP contribution is 2.18. The number of nitrogens with zero attached hydrogens (tertiary/aromatic N) is 1. The second kappa shape index (κ2) is 7.17. The summed E-state index contributed by atoms with van der Waals surface area (Å²) in [4.78, 5) is 23.5. The van der Waals surface area contributed by atoms with Crippen molar-refractivity contribution in [3.05, 3.63) is 65.5 Å². The first-order valence-electron chi connectivity index (χ1n) is 7.95. The summed E-state index contributed by atoms with van der Waals surface area (Å²) < 4.78 is 4.85. The maximum atomic E-state index is 12.0. The van der Waals surface area contributed by atoms with Crippen LogP contribution in [0.1, 0.15) is 21.8 Å². The van der Waals surface area contributed by atoms with Gasteiger partial charge in [-0.1, -0.05) is 47.6 Å². The predicted molar refractivity (Wildman–Crippen MR) is 92.4 cm³/mol. The van der Waals surface area contributed by atoms with E-state index in [1.807, 2.05) is 42.5 Å². The number of benzene rings is 2. The van der Waals surface area contributed by atoms with E-state index in [1.165, 1.54) is 6.07 Å². The zero-order chi connectivity index (χ0) is 17.8. The number of nitrogens with one attached hydrogen (secondary N) is 1. The fourth-order valence-electron chi connectivity index (χ4n) is 2.68. The number of aryl methyl sites for hydroxylation is 1. The number of amides is 1. The second-order valence-electron chi connectivity index (χ2n) is 5.95. The molecular formula is C19H18N2O4. The Labute approximate surface area is 144 Å². The molecular weight excluding hydrogens is 320 g/mol. The van der Waals surface area contributed by atoms with Gasteiger partial charge in [0.25, 0.3) is 5.91 Å². The van der Waals surface area contributed by atoms with Gasteiger partial charge >= 0.3 is 5.97 Å². The molecule has 3 rings (SSSR count). The van der Waals surface area contributed by atoms with Crippen LogP contribution in [0.3, 0.4) is 0 Å². The Hall–Kier alpha value is -3.15. The minimum atomic E-state index is -0.954. The van der Waals surface area contributed by atoms with Crippen molar-refractivity contribution < 1.29 is 19.2 Å². The number of rotatable bonds is 6. The Morgan fingerprint density at radius 1 is 1.16 bits per heavy atom. The standard InChI is InChI=1S/C19H18N2O4/c1-12-8-17(21-25-12)18(22)20-11-16(19(23)24)10-13-6-7-14-4-2-3-5-15(14)9-13/h2-9,16H,10-11H2,1H3,(H,20,22)(H,23,24)/t16-/m0/s1. The number of carboxylic acid groups (broad SMARTS) is 1. The van der Waals surface area contributed by atoms with Gasteiger partial charge in [0.05, 0.1) is 5.92 Å². The first-order chi connectivity index (χ1) is 12.0. The fraction of sp³-hybridized carbons (Fsp3) is 0.211. The largest absolute Gasteiger partial charge is 0.481 e. The third-order valence-corrected chi connectivity index (χ3v) is 4.01. The summed E-state index contributed by atoms with van der Waals surface area (Å²) in [7, 11) is 0. The average Bonchev–Trinajstić information content (AvgIpc) is 3.04. The molecule has 0 aliphatic carbocycles. The van der Waals surface area contributed by atoms with E-state index in [0.717, 1.165) is 16.3 Å². The van der Waals surface area contributed by atoms with E-state index in [9.17, 15) is 14.7 Å². The van der Waals surface area contributed by atoms with Crippen molar-refractivity contribution in [2.75, 3.05) is 6.54 Å². The Bertz CT molecular complexity index is 916. The summed E-state index contributed by atoms with van der Waals surface area (Å²) >= 11 is 0. The van der Waals surface area contributed by atoms with E-state index >= 15 is 0 Å². The van der Waals surface area contributed by atoms with Crippen LogP contribution in [0.4, 0.5) is 0 Å². The van der Waals surface area contributed by atoms with Crippen molar-refractivity contribution in [3.63, 3.8) is 0 Å². The van der Waals surface area contributed by atoms with Crippen LogP contribution in [0.2, 0.25) is 0 Å². The first-order valence-corrected chi connectivity index (χ1v) is 7.95. The first kappa shape index (κ1) is 16.7. The third-order valence-electron chi connectivity index (χ3n) is 4.01. The van der Waals surface area contributed by atoms with E-state index in [-0.39, 0.29) is 12.2 Å². The van der Waals surface area contributed by atoms with Crippen molar-refractivity contribution in [1.29, 1.82) is 0 Å². The van der Waals surface area contributed by atoms with Crippen LogP contribution < -0.4 is 5.32 Å². The van der Waals surface area contributed by atoms with Crippen molar-refractivity contribution >= 4 is 22.6 Å². The lowest BCUT2D eigenvalue weighted by molar-refractivity contribution is -0.141. The van der Waals surface area contributed by atoms with Crippen molar-refractivity contribution in [2.45, 2.75) is 13.3 Å². The van der Waals surface area contributed by atoms with E-state index in [1.54, 1.807) is 6.92 Å². The average molecular weight is 338 g/mol. The van der Waals surface area contributed by atoms with Gasteiger partial charge in [0.1, 0.15) is 5.76 Å². The monoisotopic (exact) mass is 338 g/mol. The van der Waals surface area contributed by atoms with E-state index in [4.69, 9.17) is 4.52 Å². The van der Waals surface area contributed by atoms with Crippen LogP contribution in [0.5, 0.6) is 0 Å². The summed E-state index contributed by atoms with van der Waals surface area (Å²) in [5.41, 5.74) is 1.06. The van der Waals surface area contributed by atoms with Crippen LogP contribution in [0.15, 0.2) is 53.1 Å². The molecule has 1 atom stereocenters. The molecule has 128 valence electrons. The summed E-state index contributed by atoms with van der Waals surface area (Å²) in [6, 6.07) is 15.3. The summed E-state index contributed by atoms with van der Waals surface area (Å²) in [6.07, 6.45) is 0.332. The number of carboxylic acids is 1. The maximum absolute atomic E-state index is 12.0. The molecule has 2 N–H and O–H groups in total. The van der Waals surface area contributed by atoms with Gasteiger partial charge < -0.3 is 14.9 Å². The Balaban J connectivity index is 1.68. The molecule has 3 aromatic rings. The summed E-state index contributed by atoms with van der Waals surface area (Å²) in [6.45, 7) is 1.70. The lowest BCUT2D eigenvalue weighted by atomic mass is 9.97. The molecule has 1 amide bonds. The van der Waals surface area contributed by atoms with Gasteiger partial charge in [0, 0.05) is 12.6 Å². The van der Waals surface area contributed by atoms with Gasteiger partial charge in [-0.2, -0.15) is 0 Å². The fourth-order valence-corrected chi connectivity index (χ4v) is 2.68. The van der Waals surface area contributed by atoms with Gasteiger partial charge in [0.15, 0.2) is 5.69 Å². The Morgan fingerprint density at radius 2 is 1.92 bits per heavy atom. The normalized spacial score (nSPS) is 12.0. The highest BCUT2D eigenvalue weighted by atomic mass is 16.5. The molecule has 0 radical (unpaired) electrons. The molecule has 0 saturated heterocycles. The Morgan fingerprint density at radius 3 is 2.60 bits per heavy atom. The van der Waals surface area contributed by atoms with Gasteiger partial charge in [-0.3, -0.25) is 9.59 Å². The van der Waals surface area contributed by atoms with Crippen molar-refractivity contribution in [2.24, 2.45) is 5.92 Å². The zero-order valence-electron chi connectivity index (χ0n) is 13.7. The zero-order valence-corrected chi connectivity index (χ0v) is 13.7. The molecule has 0 unspecified atom stereocenters. The number of hydrogen-bond donors (Lipinski definition) is 2. The lowest BCUT2D eigenvalue weighted by Gasteiger charge is -2.13. The predicted octanol–water partition coefficient (Wildman–Crippen LogP) is 2.81. The quantitative estimate of drug-likeness (QED) is 0.721. The van der Waals surface area contributed by atoms with Gasteiger partial charge in [-0.05, 0) is 29.7 Å². The SMILES string of the molecule is Cc1cc(C(=O)NC[C@H](Cc2ccc3ccccc3c2)C(=O)O)no1. The van der Waals surface area contributed by atoms with E-state index in [2.05, 4.69) is 10.5 Å². The van der Waals surface area contributed by atoms with E-state index in [0.29, 0.717) is 12.2 Å². The summed E-state index contributed by atoms with van der Waals surface area (Å²) in [5.74, 6) is -1.60. The Kier molecular flexibility index (Phi) is 4.79. The molecule has 1 heterocycles. The second-order valence-corrected chi connectivity index (χ2v) is 5.95. The van der Waals surface area contributed by atoms with Gasteiger partial charge in [-0.15, -0.1) is 0 Å². The van der Waals surface area contributed by atoms with Crippen LogP contribution in [0, 0.1) is 12.8 Å². The lowest BCUT2D eigenvalue weighted by Crippen LogP contribution is -2.34. The van der Waals surface area contributed by atoms with Gasteiger partial charge in [-0.25, -0.2) is 0 Å². The number of aromatic nitrogens is 1. The minimum absolute atomic E-state index is 0.0207. The molecule has 0 bridgehead atoms. The minimum Gasteiger partial charge on any atom is -0.481 e. The number of fused-ring (bicyclic) bond motifs is 1. The van der Waals surface area contributed by atoms with Crippen molar-refractivity contribution in [1.82, 2.24) is 10.5 Å². The number of carbonyl (C=O) groups is 2. The molecule has 0 spiro atoms. The molecule has 0 aliphatic heterocycles. The maximum Gasteiger partial charge on any atom is 0.308 e. The van der Waals surface area contributed by atoms with Crippen LogP contribution in [-0.2, 0) is 11.2 Å². The third kappa shape index (κ3) is 4.03. The molecule has 0 saturated carbocycles. The number of carbonyl (C=O) groups excluding carboxylic acids is 1. The molecule has 0 fully saturated rings. The highest BCUT2D eigenvalue weighted by Gasteiger charge is 2.20. The number of aliphatic carboxylic acids is 1. The van der Waals surface area contributed by atoms with E-state index < -0.39 is 17.8 Å². The van der Waals surface area contributed by atoms with Crippen LogP contribution in [-0.4, -0.2) is 28.7 Å². The van der Waals surface area contributed by atoms with Crippen LogP contribution in [0.25, 0.3) is 10.8 Å². The molecule has 0 aliphatic rings. The molecule has 1 aromatic heterocycles. The van der Waals surface area contributed by atoms with Crippen molar-refractivity contribution in [3.8, 4) is 0 Å². The molecule has 6 nitrogen and oxygen atoms in total. The topological polar surface area (TPSA) is 92.4 Å². The van der Waals surface area contributed by atoms with Gasteiger partial charge in [0.2, 0.25) is 0 Å². The smallest absolute Gasteiger partial charge is 0.308 e. The molecule has 6 heteroatoms. The highest BCUT2D eigenvalue weighted by molar-refractivity contribution is 5.92. The number of hydrogen-bond acceptors (Lipinski definition) is 4. The summed E-state index contributed by atoms with van der Waals surface area (Å²) in [5, 5.41) is 17.8. The molecule has 2 aromatic carbocycles.